The lowest BCUT2D eigenvalue weighted by Gasteiger charge is -2.38. The number of primary amides is 1. The molecule has 1 aromatic heterocycles. The number of amides is 1. The van der Waals surface area contributed by atoms with Gasteiger partial charge in [0.05, 0.1) is 12.4 Å². The zero-order valence-corrected chi connectivity index (χ0v) is 14.8. The molecule has 0 bridgehead atoms. The second-order valence-electron chi connectivity index (χ2n) is 6.84. The summed E-state index contributed by atoms with van der Waals surface area (Å²) < 4.78 is 0. The fraction of sp³-hybridized carbons (Fsp3) is 0.421. The van der Waals surface area contributed by atoms with Crippen molar-refractivity contribution in [3.63, 3.8) is 0 Å². The van der Waals surface area contributed by atoms with Gasteiger partial charge < -0.3 is 11.1 Å². The standard InChI is InChI=1S/C19H25N5O/c1-13(2)17(10-22-18-11-21-9-16(23-18)19(20)25)24-8-7-14-5-3-4-6-15(14)12-24/h3-6,9,11,13,17H,7-8,10,12H2,1-2H3,(H2,20,25)(H,22,23). The van der Waals surface area contributed by atoms with E-state index in [0.29, 0.717) is 17.8 Å². The molecule has 0 radical (unpaired) electrons. The van der Waals surface area contributed by atoms with Crippen LogP contribution in [-0.2, 0) is 13.0 Å². The lowest BCUT2D eigenvalue weighted by Crippen LogP contribution is -2.46. The Morgan fingerprint density at radius 3 is 2.76 bits per heavy atom. The Hall–Kier alpha value is -2.47. The number of benzene rings is 1. The number of hydrogen-bond donors (Lipinski definition) is 2. The molecule has 2 heterocycles. The molecule has 1 atom stereocenters. The van der Waals surface area contributed by atoms with Gasteiger partial charge in [0.2, 0.25) is 0 Å². The van der Waals surface area contributed by atoms with Gasteiger partial charge in [-0.05, 0) is 23.5 Å². The molecule has 0 fully saturated rings. The molecular formula is C19H25N5O. The molecule has 3 N–H and O–H groups in total. The van der Waals surface area contributed by atoms with E-state index in [1.54, 1.807) is 6.20 Å². The lowest BCUT2D eigenvalue weighted by molar-refractivity contribution is 0.0995. The molecule has 1 amide bonds. The first kappa shape index (κ1) is 17.4. The van der Waals surface area contributed by atoms with E-state index in [1.807, 2.05) is 0 Å². The molecular weight excluding hydrogens is 314 g/mol. The Balaban J connectivity index is 1.68. The van der Waals surface area contributed by atoms with Gasteiger partial charge in [-0.25, -0.2) is 4.98 Å². The van der Waals surface area contributed by atoms with Crippen molar-refractivity contribution >= 4 is 11.7 Å². The Morgan fingerprint density at radius 1 is 1.28 bits per heavy atom. The summed E-state index contributed by atoms with van der Waals surface area (Å²) in [4.78, 5) is 22.0. The molecule has 2 aromatic rings. The van der Waals surface area contributed by atoms with Gasteiger partial charge in [-0.2, -0.15) is 0 Å². The van der Waals surface area contributed by atoms with E-state index in [4.69, 9.17) is 5.73 Å². The van der Waals surface area contributed by atoms with Gasteiger partial charge in [-0.3, -0.25) is 14.7 Å². The summed E-state index contributed by atoms with van der Waals surface area (Å²) in [6, 6.07) is 9.03. The van der Waals surface area contributed by atoms with Crippen LogP contribution in [0, 0.1) is 5.92 Å². The highest BCUT2D eigenvalue weighted by molar-refractivity contribution is 5.90. The van der Waals surface area contributed by atoms with Gasteiger partial charge in [-0.1, -0.05) is 38.1 Å². The Morgan fingerprint density at radius 2 is 2.04 bits per heavy atom. The SMILES string of the molecule is CC(C)C(CNc1cncc(C(N)=O)n1)N1CCc2ccccc2C1. The molecule has 6 heteroatoms. The number of aromatic nitrogens is 2. The summed E-state index contributed by atoms with van der Waals surface area (Å²) in [6.07, 6.45) is 4.08. The second-order valence-corrected chi connectivity index (χ2v) is 6.84. The van der Waals surface area contributed by atoms with Crippen molar-refractivity contribution in [2.24, 2.45) is 11.7 Å². The van der Waals surface area contributed by atoms with Crippen LogP contribution in [0.2, 0.25) is 0 Å². The molecule has 1 aromatic carbocycles. The number of nitrogens with two attached hydrogens (primary N) is 1. The molecule has 3 rings (SSSR count). The summed E-state index contributed by atoms with van der Waals surface area (Å²) in [5.41, 5.74) is 8.32. The van der Waals surface area contributed by atoms with Crippen LogP contribution in [0.5, 0.6) is 0 Å². The van der Waals surface area contributed by atoms with Crippen molar-refractivity contribution in [3.05, 3.63) is 53.5 Å². The first-order chi connectivity index (χ1) is 12.0. The third kappa shape index (κ3) is 4.14. The number of nitrogens with zero attached hydrogens (tertiary/aromatic N) is 3. The molecule has 0 saturated heterocycles. The molecule has 1 aliphatic heterocycles. The van der Waals surface area contributed by atoms with Crippen molar-refractivity contribution in [3.8, 4) is 0 Å². The fourth-order valence-electron chi connectivity index (χ4n) is 3.37. The van der Waals surface area contributed by atoms with E-state index in [1.165, 1.54) is 17.3 Å². The topological polar surface area (TPSA) is 84.1 Å². The highest BCUT2D eigenvalue weighted by Crippen LogP contribution is 2.23. The van der Waals surface area contributed by atoms with Crippen LogP contribution >= 0.6 is 0 Å². The molecule has 132 valence electrons. The van der Waals surface area contributed by atoms with Gasteiger partial charge >= 0.3 is 0 Å². The quantitative estimate of drug-likeness (QED) is 0.842. The van der Waals surface area contributed by atoms with Crippen LogP contribution in [0.3, 0.4) is 0 Å². The maximum atomic E-state index is 11.2. The van der Waals surface area contributed by atoms with Gasteiger partial charge in [-0.15, -0.1) is 0 Å². The summed E-state index contributed by atoms with van der Waals surface area (Å²) in [5.74, 6) is 0.508. The minimum absolute atomic E-state index is 0.179. The average molecular weight is 339 g/mol. The Kier molecular flexibility index (Phi) is 5.28. The van der Waals surface area contributed by atoms with E-state index >= 15 is 0 Å². The second kappa shape index (κ2) is 7.61. The Bertz CT molecular complexity index is 746. The van der Waals surface area contributed by atoms with Crippen molar-refractivity contribution in [1.29, 1.82) is 0 Å². The number of rotatable bonds is 6. The predicted octanol–water partition coefficient (Wildman–Crippen LogP) is 2.07. The number of carbonyl (C=O) groups excluding carboxylic acids is 1. The van der Waals surface area contributed by atoms with Crippen molar-refractivity contribution < 1.29 is 4.79 Å². The molecule has 1 aliphatic rings. The number of nitrogens with one attached hydrogen (secondary N) is 1. The predicted molar refractivity (Wildman–Crippen MR) is 98.2 cm³/mol. The molecule has 25 heavy (non-hydrogen) atoms. The van der Waals surface area contributed by atoms with Gasteiger partial charge in [0.15, 0.2) is 0 Å². The maximum absolute atomic E-state index is 11.2. The van der Waals surface area contributed by atoms with Gasteiger partial charge in [0, 0.05) is 25.7 Å². The Labute approximate surface area is 148 Å². The summed E-state index contributed by atoms with van der Waals surface area (Å²) in [5, 5.41) is 3.32. The van der Waals surface area contributed by atoms with Gasteiger partial charge in [0.1, 0.15) is 11.5 Å². The molecule has 6 nitrogen and oxygen atoms in total. The van der Waals surface area contributed by atoms with Crippen molar-refractivity contribution in [2.75, 3.05) is 18.4 Å². The highest BCUT2D eigenvalue weighted by Gasteiger charge is 2.25. The van der Waals surface area contributed by atoms with Crippen LogP contribution < -0.4 is 11.1 Å². The monoisotopic (exact) mass is 339 g/mol. The average Bonchev–Trinajstić information content (AvgIpc) is 2.61. The zero-order valence-electron chi connectivity index (χ0n) is 14.8. The first-order valence-corrected chi connectivity index (χ1v) is 8.71. The number of fused-ring (bicyclic) bond motifs is 1. The maximum Gasteiger partial charge on any atom is 0.268 e. The fourth-order valence-corrected chi connectivity index (χ4v) is 3.37. The van der Waals surface area contributed by atoms with E-state index in [0.717, 1.165) is 26.1 Å². The van der Waals surface area contributed by atoms with E-state index in [2.05, 4.69) is 58.3 Å². The van der Waals surface area contributed by atoms with E-state index < -0.39 is 5.91 Å². The molecule has 1 unspecified atom stereocenters. The van der Waals surface area contributed by atoms with Crippen LogP contribution in [0.15, 0.2) is 36.7 Å². The normalized spacial score (nSPS) is 15.6. The molecule has 0 spiro atoms. The highest BCUT2D eigenvalue weighted by atomic mass is 16.1. The van der Waals surface area contributed by atoms with Crippen LogP contribution in [0.1, 0.15) is 35.5 Å². The minimum atomic E-state index is -0.566. The van der Waals surface area contributed by atoms with E-state index in [9.17, 15) is 4.79 Å². The summed E-state index contributed by atoms with van der Waals surface area (Å²) in [7, 11) is 0. The van der Waals surface area contributed by atoms with Crippen molar-refractivity contribution in [2.45, 2.75) is 32.9 Å². The van der Waals surface area contributed by atoms with Crippen LogP contribution in [0.25, 0.3) is 0 Å². The third-order valence-electron chi connectivity index (χ3n) is 4.78. The third-order valence-corrected chi connectivity index (χ3v) is 4.78. The largest absolute Gasteiger partial charge is 0.367 e. The van der Waals surface area contributed by atoms with Crippen molar-refractivity contribution in [1.82, 2.24) is 14.9 Å². The first-order valence-electron chi connectivity index (χ1n) is 8.71. The smallest absolute Gasteiger partial charge is 0.268 e. The van der Waals surface area contributed by atoms with Crippen LogP contribution in [-0.4, -0.2) is 39.9 Å². The number of hydrogen-bond acceptors (Lipinski definition) is 5. The minimum Gasteiger partial charge on any atom is -0.367 e. The molecule has 0 aliphatic carbocycles. The van der Waals surface area contributed by atoms with Crippen LogP contribution in [0.4, 0.5) is 5.82 Å². The lowest BCUT2D eigenvalue weighted by atomic mass is 9.95. The zero-order chi connectivity index (χ0) is 17.8. The number of anilines is 1. The summed E-state index contributed by atoms with van der Waals surface area (Å²) in [6.45, 7) is 7.23. The van der Waals surface area contributed by atoms with Gasteiger partial charge in [0.25, 0.3) is 5.91 Å². The van der Waals surface area contributed by atoms with E-state index in [-0.39, 0.29) is 5.69 Å². The summed E-state index contributed by atoms with van der Waals surface area (Å²) >= 11 is 0. The molecule has 0 saturated carbocycles. The number of carbonyl (C=O) groups is 1.